The fraction of sp³-hybridized carbons (Fsp3) is 0.364. The van der Waals surface area contributed by atoms with E-state index in [4.69, 9.17) is 4.52 Å². The lowest BCUT2D eigenvalue weighted by Crippen LogP contribution is -2.26. The summed E-state index contributed by atoms with van der Waals surface area (Å²) in [6, 6.07) is 3.08. The van der Waals surface area contributed by atoms with Gasteiger partial charge in [0.1, 0.15) is 10.7 Å². The van der Waals surface area contributed by atoms with Gasteiger partial charge in [-0.3, -0.25) is 0 Å². The molecule has 0 radical (unpaired) electrons. The number of aryl methyl sites for hydroxylation is 1. The third-order valence-corrected chi connectivity index (χ3v) is 3.95. The van der Waals surface area contributed by atoms with Crippen molar-refractivity contribution < 1.29 is 12.9 Å². The second kappa shape index (κ2) is 5.97. The van der Waals surface area contributed by atoms with Crippen LogP contribution in [0.25, 0.3) is 0 Å². The van der Waals surface area contributed by atoms with Crippen molar-refractivity contribution in [3.63, 3.8) is 0 Å². The largest absolute Gasteiger partial charge is 0.373 e. The van der Waals surface area contributed by atoms with Crippen molar-refractivity contribution in [2.24, 2.45) is 0 Å². The van der Waals surface area contributed by atoms with E-state index >= 15 is 0 Å². The highest BCUT2D eigenvalue weighted by molar-refractivity contribution is 7.89. The Morgan fingerprint density at radius 3 is 2.70 bits per heavy atom. The Bertz CT molecular complexity index is 666. The molecule has 0 aromatic carbocycles. The summed E-state index contributed by atoms with van der Waals surface area (Å²) >= 11 is 0. The first kappa shape index (κ1) is 14.4. The summed E-state index contributed by atoms with van der Waals surface area (Å²) < 4.78 is 31.3. The van der Waals surface area contributed by atoms with Crippen LogP contribution in [0.4, 0.5) is 5.82 Å². The van der Waals surface area contributed by atoms with Crippen LogP contribution >= 0.6 is 0 Å². The van der Waals surface area contributed by atoms with Crippen LogP contribution in [0.2, 0.25) is 0 Å². The molecule has 108 valence electrons. The van der Waals surface area contributed by atoms with Gasteiger partial charge in [-0.05, 0) is 19.1 Å². The topological polar surface area (TPSA) is 110 Å². The summed E-state index contributed by atoms with van der Waals surface area (Å²) in [6.07, 6.45) is 1.63. The molecular formula is C11H15N5O3S. The molecule has 0 aliphatic carbocycles. The quantitative estimate of drug-likeness (QED) is 0.790. The van der Waals surface area contributed by atoms with E-state index in [2.05, 4.69) is 25.2 Å². The van der Waals surface area contributed by atoms with Gasteiger partial charge < -0.3 is 9.84 Å². The molecule has 0 saturated carbocycles. The van der Waals surface area contributed by atoms with Crippen LogP contribution in [0.5, 0.6) is 0 Å². The number of rotatable bonds is 6. The Morgan fingerprint density at radius 2 is 2.15 bits per heavy atom. The van der Waals surface area contributed by atoms with Crippen molar-refractivity contribution in [1.29, 1.82) is 0 Å². The van der Waals surface area contributed by atoms with Crippen molar-refractivity contribution >= 4 is 15.8 Å². The molecule has 20 heavy (non-hydrogen) atoms. The number of sulfonamides is 1. The van der Waals surface area contributed by atoms with E-state index in [0.717, 1.165) is 0 Å². The second-order valence-electron chi connectivity index (χ2n) is 4.01. The molecule has 0 aliphatic heterocycles. The molecule has 0 unspecified atom stereocenters. The van der Waals surface area contributed by atoms with Crippen LogP contribution in [0, 0.1) is 6.92 Å². The summed E-state index contributed by atoms with van der Waals surface area (Å²) in [5.74, 6) is 1.52. The number of nitrogens with zero attached hydrogens (tertiary/aromatic N) is 3. The van der Waals surface area contributed by atoms with Gasteiger partial charge in [0.15, 0.2) is 5.82 Å². The van der Waals surface area contributed by atoms with E-state index in [0.29, 0.717) is 24.0 Å². The van der Waals surface area contributed by atoms with Crippen LogP contribution in [-0.2, 0) is 16.4 Å². The number of pyridine rings is 1. The van der Waals surface area contributed by atoms with Crippen LogP contribution in [-0.4, -0.2) is 37.1 Å². The molecule has 2 aromatic heterocycles. The average molecular weight is 297 g/mol. The fourth-order valence-electron chi connectivity index (χ4n) is 1.50. The summed E-state index contributed by atoms with van der Waals surface area (Å²) in [7, 11) is -1.87. The van der Waals surface area contributed by atoms with E-state index in [1.54, 1.807) is 20.0 Å². The lowest BCUT2D eigenvalue weighted by atomic mass is 10.4. The first-order valence-corrected chi connectivity index (χ1v) is 7.42. The molecule has 0 fully saturated rings. The summed E-state index contributed by atoms with van der Waals surface area (Å²) in [4.78, 5) is 8.06. The summed E-state index contributed by atoms with van der Waals surface area (Å²) in [5, 5.41) is 6.45. The standard InChI is InChI=1S/C11H15N5O3S/c1-8-15-11(19-16-8)5-6-14-20(17,18)9-3-4-10(12-2)13-7-9/h3-4,7,14H,5-6H2,1-2H3,(H,12,13). The molecule has 2 rings (SSSR count). The highest BCUT2D eigenvalue weighted by Crippen LogP contribution is 2.10. The van der Waals surface area contributed by atoms with E-state index < -0.39 is 10.0 Å². The second-order valence-corrected chi connectivity index (χ2v) is 5.78. The normalized spacial score (nSPS) is 11.5. The molecule has 2 heterocycles. The van der Waals surface area contributed by atoms with E-state index in [1.165, 1.54) is 12.3 Å². The zero-order valence-electron chi connectivity index (χ0n) is 11.1. The first-order valence-electron chi connectivity index (χ1n) is 5.94. The van der Waals surface area contributed by atoms with Gasteiger partial charge in [0.25, 0.3) is 0 Å². The monoisotopic (exact) mass is 297 g/mol. The maximum atomic E-state index is 12.0. The van der Waals surface area contributed by atoms with Gasteiger partial charge in [0, 0.05) is 26.2 Å². The maximum Gasteiger partial charge on any atom is 0.242 e. The highest BCUT2D eigenvalue weighted by Gasteiger charge is 2.14. The van der Waals surface area contributed by atoms with Crippen molar-refractivity contribution in [2.45, 2.75) is 18.2 Å². The molecule has 0 aliphatic rings. The van der Waals surface area contributed by atoms with Crippen molar-refractivity contribution in [2.75, 3.05) is 18.9 Å². The molecule has 0 atom stereocenters. The van der Waals surface area contributed by atoms with Gasteiger partial charge in [-0.15, -0.1) is 0 Å². The number of anilines is 1. The zero-order chi connectivity index (χ0) is 14.6. The Balaban J connectivity index is 1.96. The third-order valence-electron chi connectivity index (χ3n) is 2.50. The van der Waals surface area contributed by atoms with Crippen molar-refractivity contribution in [3.8, 4) is 0 Å². The highest BCUT2D eigenvalue weighted by atomic mass is 32.2. The Kier molecular flexibility index (Phi) is 4.30. The first-order chi connectivity index (χ1) is 9.51. The van der Waals surface area contributed by atoms with Gasteiger partial charge in [0.2, 0.25) is 15.9 Å². The molecule has 0 spiro atoms. The van der Waals surface area contributed by atoms with Crippen LogP contribution in [0.1, 0.15) is 11.7 Å². The Morgan fingerprint density at radius 1 is 1.35 bits per heavy atom. The van der Waals surface area contributed by atoms with Crippen molar-refractivity contribution in [1.82, 2.24) is 19.8 Å². The maximum absolute atomic E-state index is 12.0. The third kappa shape index (κ3) is 3.52. The molecule has 0 amide bonds. The van der Waals surface area contributed by atoms with Gasteiger partial charge >= 0.3 is 0 Å². The minimum atomic E-state index is -3.58. The lowest BCUT2D eigenvalue weighted by Gasteiger charge is -2.06. The van der Waals surface area contributed by atoms with E-state index in [9.17, 15) is 8.42 Å². The smallest absolute Gasteiger partial charge is 0.242 e. The Labute approximate surface area is 116 Å². The molecule has 2 N–H and O–H groups in total. The SMILES string of the molecule is CNc1ccc(S(=O)(=O)NCCc2nc(C)no2)cn1. The van der Waals surface area contributed by atoms with E-state index in [-0.39, 0.29) is 11.4 Å². The zero-order valence-corrected chi connectivity index (χ0v) is 11.9. The predicted octanol–water partition coefficient (Wildman–Crippen LogP) is 0.336. The molecule has 0 bridgehead atoms. The van der Waals surface area contributed by atoms with Crippen LogP contribution < -0.4 is 10.0 Å². The lowest BCUT2D eigenvalue weighted by molar-refractivity contribution is 0.375. The van der Waals surface area contributed by atoms with Crippen molar-refractivity contribution in [3.05, 3.63) is 30.0 Å². The molecule has 8 nitrogen and oxygen atoms in total. The van der Waals surface area contributed by atoms with E-state index in [1.807, 2.05) is 0 Å². The number of nitrogens with one attached hydrogen (secondary N) is 2. The molecule has 9 heteroatoms. The van der Waals surface area contributed by atoms with Crippen LogP contribution in [0.3, 0.4) is 0 Å². The molecule has 0 saturated heterocycles. The minimum Gasteiger partial charge on any atom is -0.373 e. The molecular weight excluding hydrogens is 282 g/mol. The Hall–Kier alpha value is -2.00. The minimum absolute atomic E-state index is 0.109. The summed E-state index contributed by atoms with van der Waals surface area (Å²) in [6.45, 7) is 1.88. The van der Waals surface area contributed by atoms with Gasteiger partial charge in [-0.1, -0.05) is 5.16 Å². The van der Waals surface area contributed by atoms with Gasteiger partial charge in [0.05, 0.1) is 0 Å². The molecule has 2 aromatic rings. The van der Waals surface area contributed by atoms with Gasteiger partial charge in [-0.25, -0.2) is 18.1 Å². The average Bonchev–Trinajstić information content (AvgIpc) is 2.84. The van der Waals surface area contributed by atoms with Crippen LogP contribution in [0.15, 0.2) is 27.7 Å². The number of hydrogen-bond acceptors (Lipinski definition) is 7. The predicted molar refractivity (Wildman–Crippen MR) is 71.7 cm³/mol. The fourth-order valence-corrected chi connectivity index (χ4v) is 2.48. The number of hydrogen-bond donors (Lipinski definition) is 2. The summed E-state index contributed by atoms with van der Waals surface area (Å²) in [5.41, 5.74) is 0. The number of aromatic nitrogens is 3. The van der Waals surface area contributed by atoms with Gasteiger partial charge in [-0.2, -0.15) is 4.98 Å².